The number of amides is 1. The Morgan fingerprint density at radius 3 is 3.05 bits per heavy atom. The zero-order valence-electron chi connectivity index (χ0n) is 11.7. The van der Waals surface area contributed by atoms with Crippen molar-refractivity contribution >= 4 is 50.0 Å². The van der Waals surface area contributed by atoms with Crippen molar-refractivity contribution in [3.05, 3.63) is 12.1 Å². The Hall–Kier alpha value is -1.47. The van der Waals surface area contributed by atoms with E-state index in [0.717, 1.165) is 28.8 Å². The predicted molar refractivity (Wildman–Crippen MR) is 89.3 cm³/mol. The standard InChI is InChI=1S/C14H17N3O2S2/c1-19-9-6-8(15)7-11-12(9)16-14(21-11)17-13(18)10-4-2-3-5-20-10/h6-7,10H,2-5,15H2,1H3,(H,16,17,18). The van der Waals surface area contributed by atoms with Crippen LogP contribution in [0.5, 0.6) is 5.75 Å². The number of thiazole rings is 1. The van der Waals surface area contributed by atoms with Gasteiger partial charge in [0, 0.05) is 11.8 Å². The van der Waals surface area contributed by atoms with Gasteiger partial charge in [-0.1, -0.05) is 17.8 Å². The molecule has 0 saturated carbocycles. The van der Waals surface area contributed by atoms with E-state index in [2.05, 4.69) is 10.3 Å². The highest BCUT2D eigenvalue weighted by Crippen LogP contribution is 2.35. The summed E-state index contributed by atoms with van der Waals surface area (Å²) in [5, 5.41) is 3.56. The Kier molecular flexibility index (Phi) is 4.21. The van der Waals surface area contributed by atoms with E-state index in [4.69, 9.17) is 10.5 Å². The molecule has 0 bridgehead atoms. The van der Waals surface area contributed by atoms with Gasteiger partial charge in [0.2, 0.25) is 5.91 Å². The molecule has 1 atom stereocenters. The number of ether oxygens (including phenoxy) is 1. The summed E-state index contributed by atoms with van der Waals surface area (Å²) in [7, 11) is 1.59. The summed E-state index contributed by atoms with van der Waals surface area (Å²) < 4.78 is 6.21. The quantitative estimate of drug-likeness (QED) is 0.849. The molecule has 2 aromatic rings. The average Bonchev–Trinajstić information content (AvgIpc) is 2.89. The van der Waals surface area contributed by atoms with Crippen molar-refractivity contribution < 1.29 is 9.53 Å². The lowest BCUT2D eigenvalue weighted by Gasteiger charge is -2.19. The number of benzene rings is 1. The molecule has 1 aromatic carbocycles. The number of nitrogens with zero attached hydrogens (tertiary/aromatic N) is 1. The number of nitrogens with two attached hydrogens (primary N) is 1. The first kappa shape index (κ1) is 14.5. The summed E-state index contributed by atoms with van der Waals surface area (Å²) >= 11 is 3.15. The molecule has 7 heteroatoms. The summed E-state index contributed by atoms with van der Waals surface area (Å²) in [6.45, 7) is 0. The largest absolute Gasteiger partial charge is 0.494 e. The van der Waals surface area contributed by atoms with Gasteiger partial charge in [-0.2, -0.15) is 0 Å². The van der Waals surface area contributed by atoms with Crippen molar-refractivity contribution in [2.75, 3.05) is 23.9 Å². The van der Waals surface area contributed by atoms with E-state index in [-0.39, 0.29) is 11.2 Å². The molecule has 21 heavy (non-hydrogen) atoms. The maximum atomic E-state index is 12.2. The van der Waals surface area contributed by atoms with Crippen LogP contribution in [0.25, 0.3) is 10.2 Å². The Morgan fingerprint density at radius 1 is 1.48 bits per heavy atom. The molecule has 1 aliphatic rings. The van der Waals surface area contributed by atoms with E-state index in [9.17, 15) is 4.79 Å². The maximum Gasteiger partial charge on any atom is 0.239 e. The van der Waals surface area contributed by atoms with Gasteiger partial charge in [0.1, 0.15) is 11.3 Å². The van der Waals surface area contributed by atoms with E-state index >= 15 is 0 Å². The number of anilines is 2. The van der Waals surface area contributed by atoms with Crippen molar-refractivity contribution in [2.45, 2.75) is 24.5 Å². The summed E-state index contributed by atoms with van der Waals surface area (Å²) in [6, 6.07) is 3.59. The normalized spacial score (nSPS) is 18.6. The van der Waals surface area contributed by atoms with Gasteiger partial charge >= 0.3 is 0 Å². The highest BCUT2D eigenvalue weighted by Gasteiger charge is 2.23. The minimum atomic E-state index is 0.0396. The van der Waals surface area contributed by atoms with Crippen LogP contribution in [-0.2, 0) is 4.79 Å². The lowest BCUT2D eigenvalue weighted by molar-refractivity contribution is -0.115. The second-order valence-corrected chi connectivity index (χ2v) is 7.27. The summed E-state index contributed by atoms with van der Waals surface area (Å²) in [5.41, 5.74) is 7.20. The van der Waals surface area contributed by atoms with Crippen LogP contribution >= 0.6 is 23.1 Å². The Balaban J connectivity index is 1.82. The molecule has 1 fully saturated rings. The molecule has 1 saturated heterocycles. The molecule has 1 aliphatic heterocycles. The number of carbonyl (C=O) groups is 1. The van der Waals surface area contributed by atoms with Gasteiger partial charge in [-0.15, -0.1) is 11.8 Å². The van der Waals surface area contributed by atoms with Crippen molar-refractivity contribution in [3.63, 3.8) is 0 Å². The fourth-order valence-corrected chi connectivity index (χ4v) is 4.50. The zero-order valence-corrected chi connectivity index (χ0v) is 13.4. The molecule has 5 nitrogen and oxygen atoms in total. The number of thioether (sulfide) groups is 1. The number of fused-ring (bicyclic) bond motifs is 1. The molecular formula is C14H17N3O2S2. The van der Waals surface area contributed by atoms with Crippen molar-refractivity contribution in [3.8, 4) is 5.75 Å². The van der Waals surface area contributed by atoms with Crippen LogP contribution in [0.15, 0.2) is 12.1 Å². The second kappa shape index (κ2) is 6.11. The first-order valence-electron chi connectivity index (χ1n) is 6.84. The van der Waals surface area contributed by atoms with E-state index in [1.165, 1.54) is 17.8 Å². The van der Waals surface area contributed by atoms with Crippen LogP contribution in [0, 0.1) is 0 Å². The van der Waals surface area contributed by atoms with Crippen LogP contribution < -0.4 is 15.8 Å². The molecule has 1 aromatic heterocycles. The molecule has 112 valence electrons. The topological polar surface area (TPSA) is 77.2 Å². The van der Waals surface area contributed by atoms with E-state index in [1.54, 1.807) is 24.9 Å². The average molecular weight is 323 g/mol. The number of nitrogens with one attached hydrogen (secondary N) is 1. The van der Waals surface area contributed by atoms with Crippen molar-refractivity contribution in [2.24, 2.45) is 0 Å². The first-order valence-corrected chi connectivity index (χ1v) is 8.70. The monoisotopic (exact) mass is 323 g/mol. The smallest absolute Gasteiger partial charge is 0.239 e. The Morgan fingerprint density at radius 2 is 2.33 bits per heavy atom. The fourth-order valence-electron chi connectivity index (χ4n) is 2.36. The van der Waals surface area contributed by atoms with Gasteiger partial charge in [-0.3, -0.25) is 4.79 Å². The van der Waals surface area contributed by atoms with E-state index in [1.807, 2.05) is 6.07 Å². The molecule has 3 N–H and O–H groups in total. The van der Waals surface area contributed by atoms with E-state index in [0.29, 0.717) is 16.6 Å². The third-order valence-electron chi connectivity index (χ3n) is 3.40. The lowest BCUT2D eigenvalue weighted by atomic mass is 10.2. The first-order chi connectivity index (χ1) is 10.2. The van der Waals surface area contributed by atoms with Gasteiger partial charge in [0.15, 0.2) is 5.13 Å². The fraction of sp³-hybridized carbons (Fsp3) is 0.429. The number of rotatable bonds is 3. The predicted octanol–water partition coefficient (Wildman–Crippen LogP) is 3.11. The van der Waals surface area contributed by atoms with Crippen molar-refractivity contribution in [1.82, 2.24) is 4.98 Å². The third-order valence-corrected chi connectivity index (χ3v) is 5.70. The van der Waals surface area contributed by atoms with Crippen LogP contribution in [0.1, 0.15) is 19.3 Å². The number of nitrogen functional groups attached to an aromatic ring is 1. The van der Waals surface area contributed by atoms with Gasteiger partial charge < -0.3 is 15.8 Å². The van der Waals surface area contributed by atoms with Gasteiger partial charge in [-0.25, -0.2) is 4.98 Å². The minimum absolute atomic E-state index is 0.0396. The number of methoxy groups -OCH3 is 1. The van der Waals surface area contributed by atoms with Crippen LogP contribution in [0.3, 0.4) is 0 Å². The van der Waals surface area contributed by atoms with Crippen LogP contribution in [0.2, 0.25) is 0 Å². The summed E-state index contributed by atoms with van der Waals surface area (Å²) in [4.78, 5) is 16.7. The molecule has 2 heterocycles. The Labute approximate surface area is 131 Å². The highest BCUT2D eigenvalue weighted by atomic mass is 32.2. The third kappa shape index (κ3) is 3.08. The number of hydrogen-bond acceptors (Lipinski definition) is 6. The zero-order chi connectivity index (χ0) is 14.8. The lowest BCUT2D eigenvalue weighted by Crippen LogP contribution is -2.27. The maximum absolute atomic E-state index is 12.2. The summed E-state index contributed by atoms with van der Waals surface area (Å²) in [6.07, 6.45) is 3.26. The molecule has 0 spiro atoms. The molecular weight excluding hydrogens is 306 g/mol. The second-order valence-electron chi connectivity index (χ2n) is 4.93. The Bertz CT molecular complexity index is 666. The minimum Gasteiger partial charge on any atom is -0.494 e. The molecule has 1 unspecified atom stereocenters. The number of hydrogen-bond donors (Lipinski definition) is 2. The number of aromatic nitrogens is 1. The SMILES string of the molecule is COc1cc(N)cc2sc(NC(=O)C3CCCCS3)nc12. The summed E-state index contributed by atoms with van der Waals surface area (Å²) in [5.74, 6) is 1.74. The molecule has 1 amide bonds. The van der Waals surface area contributed by atoms with E-state index < -0.39 is 0 Å². The van der Waals surface area contributed by atoms with Crippen LogP contribution in [-0.4, -0.2) is 29.0 Å². The van der Waals surface area contributed by atoms with Gasteiger partial charge in [0.25, 0.3) is 0 Å². The van der Waals surface area contributed by atoms with Crippen molar-refractivity contribution in [1.29, 1.82) is 0 Å². The number of carbonyl (C=O) groups excluding carboxylic acids is 1. The highest BCUT2D eigenvalue weighted by molar-refractivity contribution is 8.00. The molecule has 0 aliphatic carbocycles. The molecule has 0 radical (unpaired) electrons. The molecule has 3 rings (SSSR count). The van der Waals surface area contributed by atoms with Gasteiger partial charge in [0.05, 0.1) is 17.1 Å². The van der Waals surface area contributed by atoms with Gasteiger partial charge in [-0.05, 0) is 24.7 Å². The van der Waals surface area contributed by atoms with Crippen LogP contribution in [0.4, 0.5) is 10.8 Å².